The molecule has 0 atom stereocenters. The fraction of sp³-hybridized carbons (Fsp3) is 0.196. The first-order valence-electron chi connectivity index (χ1n) is 29.0. The summed E-state index contributed by atoms with van der Waals surface area (Å²) in [6.45, 7) is -15.3. The largest absolute Gasteiger partial charge is 0.486 e. The third kappa shape index (κ3) is 8.64. The zero-order chi connectivity index (χ0) is 57.3. The van der Waals surface area contributed by atoms with Crippen LogP contribution >= 0.6 is 0 Å². The molecule has 1 fully saturated rings. The summed E-state index contributed by atoms with van der Waals surface area (Å²) in [6.07, 6.45) is 5.76. The van der Waals surface area contributed by atoms with Gasteiger partial charge in [-0.3, -0.25) is 0 Å². The molecule has 0 amide bonds. The molecule has 305 valence electrons. The van der Waals surface area contributed by atoms with Crippen LogP contribution in [-0.4, -0.2) is 15.0 Å². The van der Waals surface area contributed by atoms with Crippen molar-refractivity contribution in [2.24, 2.45) is 0 Å². The Bertz CT molecular complexity index is 3710. The van der Waals surface area contributed by atoms with Crippen LogP contribution in [0.2, 0.25) is 0 Å². The van der Waals surface area contributed by atoms with Gasteiger partial charge in [-0.05, 0) is 132 Å². The van der Waals surface area contributed by atoms with E-state index < -0.39 is 47.0 Å². The molecule has 4 nitrogen and oxygen atoms in total. The molecule has 0 unspecified atom stereocenters. The van der Waals surface area contributed by atoms with Gasteiger partial charge in [-0.25, -0.2) is 4.98 Å². The van der Waals surface area contributed by atoms with Gasteiger partial charge in [0.05, 0.1) is 5.58 Å². The molecule has 5 aromatic carbocycles. The van der Waals surface area contributed by atoms with E-state index in [2.05, 4.69) is 27.1 Å². The fourth-order valence-corrected chi connectivity index (χ4v) is 7.71. The van der Waals surface area contributed by atoms with Gasteiger partial charge >= 0.3 is 0 Å². The molecule has 1 radical (unpaired) electrons. The van der Waals surface area contributed by atoms with Gasteiger partial charge in [0.15, 0.2) is 0 Å². The minimum atomic E-state index is -2.81. The van der Waals surface area contributed by atoms with Crippen molar-refractivity contribution in [2.75, 3.05) is 0 Å². The Morgan fingerprint density at radius 1 is 0.623 bits per heavy atom. The maximum atomic E-state index is 8.88. The maximum absolute atomic E-state index is 8.88. The molecule has 61 heavy (non-hydrogen) atoms. The van der Waals surface area contributed by atoms with Crippen LogP contribution in [0.15, 0.2) is 138 Å². The van der Waals surface area contributed by atoms with Crippen LogP contribution in [0.5, 0.6) is 0 Å². The van der Waals surface area contributed by atoms with Gasteiger partial charge < -0.3 is 14.4 Å². The van der Waals surface area contributed by atoms with Crippen molar-refractivity contribution < 1.29 is 50.6 Å². The number of pyridine rings is 3. The van der Waals surface area contributed by atoms with E-state index in [1.165, 1.54) is 42.6 Å². The molecular weight excluding hydrogens is 923 g/mol. The summed E-state index contributed by atoms with van der Waals surface area (Å²) in [6, 6.07) is 38.8. The third-order valence-electron chi connectivity index (χ3n) is 10.8. The van der Waals surface area contributed by atoms with Crippen molar-refractivity contribution in [3.05, 3.63) is 185 Å². The summed E-state index contributed by atoms with van der Waals surface area (Å²) in [5.74, 6) is -0.731. The fourth-order valence-electron chi connectivity index (χ4n) is 7.71. The number of benzene rings is 5. The summed E-state index contributed by atoms with van der Waals surface area (Å²) in [7, 11) is 0. The maximum Gasteiger partial charge on any atom is 0.216 e. The molecule has 1 saturated carbocycles. The van der Waals surface area contributed by atoms with Gasteiger partial charge in [0.1, 0.15) is 0 Å². The number of aromatic nitrogens is 3. The SMILES string of the molecule is [2H]C([2H])([2H])c1ccc(-c2[c-]cc(C([2H])([2H])[2H])c(-c3ccccc3)c2)nc1.[2H]C([2H])([2H])c1ccc2c(n1)oc1c(-c3cc(-c4cc(C([2H])([2H])[2H])c(-c5ccc(C6([2H])CCCC6)cc5)cc4C([2H])([2H])[2H])c(C([2H])([2H])[2H])cn3)[c-]ccc12.[Ir]. The van der Waals surface area contributed by atoms with Gasteiger partial charge in [-0.1, -0.05) is 121 Å². The summed E-state index contributed by atoms with van der Waals surface area (Å²) < 4.78 is 160. The molecule has 0 bridgehead atoms. The Labute approximate surface area is 400 Å². The first kappa shape index (κ1) is 24.4. The molecule has 0 saturated heterocycles. The van der Waals surface area contributed by atoms with E-state index in [-0.39, 0.29) is 92.9 Å². The van der Waals surface area contributed by atoms with Crippen molar-refractivity contribution in [3.8, 4) is 55.9 Å². The van der Waals surface area contributed by atoms with Gasteiger partial charge in [0.2, 0.25) is 5.71 Å². The van der Waals surface area contributed by atoms with Crippen LogP contribution in [-0.2, 0) is 20.1 Å². The Hall–Kier alpha value is -6.00. The summed E-state index contributed by atoms with van der Waals surface area (Å²) in [5.41, 5.74) is 3.96. The molecule has 9 aromatic rings. The van der Waals surface area contributed by atoms with E-state index in [9.17, 15) is 0 Å². The van der Waals surface area contributed by atoms with Crippen LogP contribution < -0.4 is 0 Å². The topological polar surface area (TPSA) is 51.8 Å². The van der Waals surface area contributed by atoms with Gasteiger partial charge in [-0.2, -0.15) is 0 Å². The van der Waals surface area contributed by atoms with Crippen molar-refractivity contribution in [3.63, 3.8) is 0 Å². The number of rotatable bonds is 6. The van der Waals surface area contributed by atoms with E-state index in [0.717, 1.165) is 43.0 Å². The van der Waals surface area contributed by atoms with Crippen LogP contribution in [0.3, 0.4) is 0 Å². The van der Waals surface area contributed by atoms with Gasteiger partial charge in [-0.15, -0.1) is 47.5 Å². The molecular formula is C56H49IrN3O-2. The quantitative estimate of drug-likeness (QED) is 0.156. The molecule has 4 aromatic heterocycles. The van der Waals surface area contributed by atoms with Crippen LogP contribution in [0.4, 0.5) is 0 Å². The second-order valence-electron chi connectivity index (χ2n) is 14.7. The standard InChI is InChI=1S/C37H33N2O.C19H16N.Ir/c1-22-19-33(23(2)18-32(22)28-15-13-27(14-16-28)26-8-5-6-9-26)34-20-35(38-21-24(34)3)31-11-7-10-29-30-17-12-25(4)39-37(30)40-36(29)31;1-14-8-11-19(20-13-14)17-10-9-15(2)18(12-17)16-6-4-3-5-7-16;/h7,10,12-21,26H,5-6,8-9H2,1-4H3;3-9,11-13H,1-2H3;/q2*-1;/i1D3,2D3,3D3,4D3,26D;1D3,2D3;. The molecule has 4 heterocycles. The Kier molecular flexibility index (Phi) is 7.18. The van der Waals surface area contributed by atoms with E-state index in [1.54, 1.807) is 54.6 Å². The van der Waals surface area contributed by atoms with Gasteiger partial charge in [0, 0.05) is 69.6 Å². The number of aryl methyl sites for hydroxylation is 6. The molecule has 0 N–H and O–H groups in total. The Morgan fingerprint density at radius 3 is 2.11 bits per heavy atom. The van der Waals surface area contributed by atoms with Crippen LogP contribution in [0.1, 0.15) is 96.7 Å². The predicted molar refractivity (Wildman–Crippen MR) is 248 cm³/mol. The van der Waals surface area contributed by atoms with Crippen LogP contribution in [0, 0.1) is 53.2 Å². The van der Waals surface area contributed by atoms with Crippen LogP contribution in [0.25, 0.3) is 78.0 Å². The summed E-state index contributed by atoms with van der Waals surface area (Å²) in [5, 5.41) is 1.09. The molecule has 5 heteroatoms. The Morgan fingerprint density at radius 2 is 1.36 bits per heavy atom. The summed E-state index contributed by atoms with van der Waals surface area (Å²) in [4.78, 5) is 12.8. The predicted octanol–water partition coefficient (Wildman–Crippen LogP) is 14.9. The molecule has 1 aliphatic carbocycles. The third-order valence-corrected chi connectivity index (χ3v) is 10.8. The zero-order valence-electron chi connectivity index (χ0n) is 51.6. The minimum absolute atomic E-state index is 0. The normalized spacial score (nSPS) is 19.0. The Balaban J connectivity index is 0.000000261. The molecule has 0 aliphatic heterocycles. The smallest absolute Gasteiger partial charge is 0.216 e. The number of fused-ring (bicyclic) bond motifs is 3. The first-order chi connectivity index (χ1) is 36.8. The van der Waals surface area contributed by atoms with Crippen molar-refractivity contribution in [1.82, 2.24) is 15.0 Å². The van der Waals surface area contributed by atoms with Crippen molar-refractivity contribution >= 4 is 22.1 Å². The van der Waals surface area contributed by atoms with E-state index in [4.69, 9.17) is 30.5 Å². The van der Waals surface area contributed by atoms with Crippen molar-refractivity contribution in [1.29, 1.82) is 0 Å². The van der Waals surface area contributed by atoms with Crippen molar-refractivity contribution in [2.45, 2.75) is 72.7 Å². The van der Waals surface area contributed by atoms with E-state index in [0.29, 0.717) is 33.2 Å². The second kappa shape index (κ2) is 17.9. The number of hydrogen-bond donors (Lipinski definition) is 0. The summed E-state index contributed by atoms with van der Waals surface area (Å²) >= 11 is 0. The van der Waals surface area contributed by atoms with E-state index in [1.807, 2.05) is 30.3 Å². The zero-order valence-corrected chi connectivity index (χ0v) is 35.0. The molecule has 1 aliphatic rings. The monoisotopic (exact) mass is 991 g/mol. The second-order valence-corrected chi connectivity index (χ2v) is 14.7. The number of nitrogens with zero attached hydrogens (tertiary/aromatic N) is 3. The average molecular weight is 991 g/mol. The molecule has 10 rings (SSSR count). The first-order valence-corrected chi connectivity index (χ1v) is 19.5. The number of furan rings is 1. The van der Waals surface area contributed by atoms with Gasteiger partial charge in [0.25, 0.3) is 0 Å². The molecule has 0 spiro atoms. The van der Waals surface area contributed by atoms with E-state index >= 15 is 0 Å². The number of hydrogen-bond acceptors (Lipinski definition) is 4. The average Bonchev–Trinajstić information content (AvgIpc) is 4.01. The minimum Gasteiger partial charge on any atom is -0.486 e.